The van der Waals surface area contributed by atoms with E-state index in [1.54, 1.807) is 0 Å². The molecule has 0 aromatic heterocycles. The molecule has 4 heteroatoms. The highest BCUT2D eigenvalue weighted by Gasteiger charge is 2.13. The van der Waals surface area contributed by atoms with Crippen LogP contribution < -0.4 is 15.4 Å². The predicted octanol–water partition coefficient (Wildman–Crippen LogP) is 2.74. The Morgan fingerprint density at radius 3 is 2.86 bits per heavy atom. The smallest absolute Gasteiger partial charge is 0.251 e. The van der Waals surface area contributed by atoms with E-state index in [2.05, 4.69) is 17.6 Å². The maximum Gasteiger partial charge on any atom is 0.251 e. The Bertz CT molecular complexity index is 425. The number of hydrogen-bond donors (Lipinski definition) is 2. The van der Waals surface area contributed by atoms with Gasteiger partial charge in [0.15, 0.2) is 0 Å². The van der Waals surface area contributed by atoms with Crippen LogP contribution >= 0.6 is 0 Å². The highest BCUT2D eigenvalue weighted by atomic mass is 16.5. The summed E-state index contributed by atoms with van der Waals surface area (Å²) in [5.74, 6) is 0.822. The molecule has 1 fully saturated rings. The average Bonchev–Trinajstić information content (AvgIpc) is 3.01. The van der Waals surface area contributed by atoms with Crippen LogP contribution in [0.3, 0.4) is 0 Å². The molecule has 0 bridgehead atoms. The zero-order chi connectivity index (χ0) is 14.9. The molecule has 1 aromatic rings. The van der Waals surface area contributed by atoms with Crippen LogP contribution in [0.2, 0.25) is 0 Å². The molecular formula is C17H26N2O2. The summed E-state index contributed by atoms with van der Waals surface area (Å²) in [5, 5.41) is 6.41. The molecule has 2 rings (SSSR count). The molecule has 1 atom stereocenters. The fourth-order valence-electron chi connectivity index (χ4n) is 2.50. The standard InChI is InChI=1S/C17H26N2O2/c1-2-3-13-21-16-8-6-14(7-9-16)17(20)19-12-10-15-5-4-11-18-15/h6-9,15,18H,2-5,10-13H2,1H3,(H,19,20)/t15-/m0/s1. The lowest BCUT2D eigenvalue weighted by molar-refractivity contribution is 0.0952. The lowest BCUT2D eigenvalue weighted by Gasteiger charge is -2.11. The molecule has 1 heterocycles. The van der Waals surface area contributed by atoms with E-state index in [4.69, 9.17) is 4.74 Å². The Morgan fingerprint density at radius 2 is 2.19 bits per heavy atom. The van der Waals surface area contributed by atoms with Crippen molar-refractivity contribution in [3.8, 4) is 5.75 Å². The largest absolute Gasteiger partial charge is 0.494 e. The van der Waals surface area contributed by atoms with Crippen molar-refractivity contribution in [3.05, 3.63) is 29.8 Å². The van der Waals surface area contributed by atoms with Gasteiger partial charge in [0.1, 0.15) is 5.75 Å². The van der Waals surface area contributed by atoms with E-state index < -0.39 is 0 Å². The van der Waals surface area contributed by atoms with Crippen molar-refractivity contribution in [3.63, 3.8) is 0 Å². The van der Waals surface area contributed by atoms with Gasteiger partial charge in [-0.3, -0.25) is 4.79 Å². The van der Waals surface area contributed by atoms with E-state index in [9.17, 15) is 4.79 Å². The van der Waals surface area contributed by atoms with Crippen molar-refractivity contribution in [1.29, 1.82) is 0 Å². The fraction of sp³-hybridized carbons (Fsp3) is 0.588. The van der Waals surface area contributed by atoms with Gasteiger partial charge in [-0.1, -0.05) is 13.3 Å². The minimum absolute atomic E-state index is 0.00638. The highest BCUT2D eigenvalue weighted by Crippen LogP contribution is 2.13. The quantitative estimate of drug-likeness (QED) is 0.724. The van der Waals surface area contributed by atoms with Crippen LogP contribution in [0.4, 0.5) is 0 Å². The van der Waals surface area contributed by atoms with Gasteiger partial charge in [0, 0.05) is 18.2 Å². The Kier molecular flexibility index (Phi) is 6.54. The normalized spacial score (nSPS) is 17.7. The third kappa shape index (κ3) is 5.38. The first kappa shape index (κ1) is 15.8. The van der Waals surface area contributed by atoms with Gasteiger partial charge in [-0.15, -0.1) is 0 Å². The van der Waals surface area contributed by atoms with E-state index in [-0.39, 0.29) is 5.91 Å². The summed E-state index contributed by atoms with van der Waals surface area (Å²) in [4.78, 5) is 12.0. The van der Waals surface area contributed by atoms with E-state index in [1.807, 2.05) is 24.3 Å². The van der Waals surface area contributed by atoms with Gasteiger partial charge in [-0.2, -0.15) is 0 Å². The Morgan fingerprint density at radius 1 is 1.38 bits per heavy atom. The van der Waals surface area contributed by atoms with Crippen LogP contribution in [0.1, 0.15) is 49.4 Å². The highest BCUT2D eigenvalue weighted by molar-refractivity contribution is 5.94. The number of benzene rings is 1. The first-order chi connectivity index (χ1) is 10.3. The van der Waals surface area contributed by atoms with Crippen LogP contribution in [0.25, 0.3) is 0 Å². The average molecular weight is 290 g/mol. The third-order valence-electron chi connectivity index (χ3n) is 3.82. The molecule has 1 aromatic carbocycles. The first-order valence-corrected chi connectivity index (χ1v) is 8.04. The summed E-state index contributed by atoms with van der Waals surface area (Å²) in [6.07, 6.45) is 5.65. The monoisotopic (exact) mass is 290 g/mol. The van der Waals surface area contributed by atoms with Crippen molar-refractivity contribution < 1.29 is 9.53 Å². The lowest BCUT2D eigenvalue weighted by atomic mass is 10.1. The molecule has 1 aliphatic heterocycles. The molecule has 21 heavy (non-hydrogen) atoms. The summed E-state index contributed by atoms with van der Waals surface area (Å²) in [5.41, 5.74) is 0.692. The van der Waals surface area contributed by atoms with Crippen LogP contribution in [0.5, 0.6) is 5.75 Å². The number of nitrogens with one attached hydrogen (secondary N) is 2. The number of rotatable bonds is 8. The van der Waals surface area contributed by atoms with Crippen molar-refractivity contribution in [2.45, 2.75) is 45.1 Å². The first-order valence-electron chi connectivity index (χ1n) is 8.04. The molecule has 1 aliphatic rings. The summed E-state index contributed by atoms with van der Waals surface area (Å²) in [7, 11) is 0. The van der Waals surface area contributed by atoms with Crippen molar-refractivity contribution in [2.75, 3.05) is 19.7 Å². The number of amides is 1. The van der Waals surface area contributed by atoms with Gasteiger partial charge in [0.2, 0.25) is 0 Å². The topological polar surface area (TPSA) is 50.4 Å². The molecule has 116 valence electrons. The molecule has 0 radical (unpaired) electrons. The summed E-state index contributed by atoms with van der Waals surface area (Å²) in [6, 6.07) is 7.95. The van der Waals surface area contributed by atoms with Crippen molar-refractivity contribution in [2.24, 2.45) is 0 Å². The molecule has 1 saturated heterocycles. The van der Waals surface area contributed by atoms with E-state index in [0.717, 1.165) is 44.7 Å². The molecule has 2 N–H and O–H groups in total. The zero-order valence-electron chi connectivity index (χ0n) is 12.9. The fourth-order valence-corrected chi connectivity index (χ4v) is 2.50. The Balaban J connectivity index is 1.71. The van der Waals surface area contributed by atoms with Crippen molar-refractivity contribution >= 4 is 5.91 Å². The van der Waals surface area contributed by atoms with Gasteiger partial charge >= 0.3 is 0 Å². The van der Waals surface area contributed by atoms with Gasteiger partial charge in [0.25, 0.3) is 5.91 Å². The molecular weight excluding hydrogens is 264 g/mol. The number of hydrogen-bond acceptors (Lipinski definition) is 3. The van der Waals surface area contributed by atoms with Crippen LogP contribution in [0.15, 0.2) is 24.3 Å². The van der Waals surface area contributed by atoms with Crippen LogP contribution in [-0.4, -0.2) is 31.6 Å². The maximum absolute atomic E-state index is 12.0. The second kappa shape index (κ2) is 8.67. The number of carbonyl (C=O) groups excluding carboxylic acids is 1. The summed E-state index contributed by atoms with van der Waals surface area (Å²) >= 11 is 0. The number of ether oxygens (including phenoxy) is 1. The SMILES string of the molecule is CCCCOc1ccc(C(=O)NCC[C@@H]2CCCN2)cc1. The second-order valence-corrected chi connectivity index (χ2v) is 5.56. The van der Waals surface area contributed by atoms with Gasteiger partial charge in [0.05, 0.1) is 6.61 Å². The number of carbonyl (C=O) groups is 1. The molecule has 0 saturated carbocycles. The predicted molar refractivity (Wildman–Crippen MR) is 84.8 cm³/mol. The Labute approximate surface area is 127 Å². The molecule has 0 spiro atoms. The van der Waals surface area contributed by atoms with Gasteiger partial charge in [-0.25, -0.2) is 0 Å². The van der Waals surface area contributed by atoms with Crippen molar-refractivity contribution in [1.82, 2.24) is 10.6 Å². The second-order valence-electron chi connectivity index (χ2n) is 5.56. The summed E-state index contributed by atoms with van der Waals surface area (Å²) < 4.78 is 5.59. The van der Waals surface area contributed by atoms with Crippen LogP contribution in [0, 0.1) is 0 Å². The molecule has 0 aliphatic carbocycles. The summed E-state index contributed by atoms with van der Waals surface area (Å²) in [6.45, 7) is 4.71. The molecule has 1 amide bonds. The van der Waals surface area contributed by atoms with Crippen LogP contribution in [-0.2, 0) is 0 Å². The van der Waals surface area contributed by atoms with E-state index in [0.29, 0.717) is 11.6 Å². The number of unbranched alkanes of at least 4 members (excludes halogenated alkanes) is 1. The van der Waals surface area contributed by atoms with E-state index in [1.165, 1.54) is 12.8 Å². The molecule has 4 nitrogen and oxygen atoms in total. The minimum Gasteiger partial charge on any atom is -0.494 e. The zero-order valence-corrected chi connectivity index (χ0v) is 12.9. The minimum atomic E-state index is -0.00638. The third-order valence-corrected chi connectivity index (χ3v) is 3.82. The molecule has 0 unspecified atom stereocenters. The van der Waals surface area contributed by atoms with Gasteiger partial charge < -0.3 is 15.4 Å². The Hall–Kier alpha value is -1.55. The van der Waals surface area contributed by atoms with E-state index >= 15 is 0 Å². The van der Waals surface area contributed by atoms with Gasteiger partial charge in [-0.05, 0) is 56.5 Å². The maximum atomic E-state index is 12.0. The lowest BCUT2D eigenvalue weighted by Crippen LogP contribution is -2.30.